The zero-order chi connectivity index (χ0) is 10.4. The highest BCUT2D eigenvalue weighted by atomic mass is 16.5. The number of carboxylic acids is 1. The molecule has 82 valence electrons. The van der Waals surface area contributed by atoms with E-state index in [9.17, 15) is 4.79 Å². The average molecular weight is 201 g/mol. The Kier molecular flexibility index (Phi) is 4.90. The molecule has 0 aliphatic carbocycles. The smallest absolute Gasteiger partial charge is 0.304 e. The van der Waals surface area contributed by atoms with Gasteiger partial charge >= 0.3 is 5.97 Å². The molecule has 0 bridgehead atoms. The SMILES string of the molecule is CCCC1CN(CCC(=O)O)CCO1. The molecule has 1 aliphatic rings. The lowest BCUT2D eigenvalue weighted by Gasteiger charge is -2.32. The highest BCUT2D eigenvalue weighted by Gasteiger charge is 2.19. The number of ether oxygens (including phenoxy) is 1. The molecule has 0 aromatic carbocycles. The van der Waals surface area contributed by atoms with Crippen molar-refractivity contribution in [3.8, 4) is 0 Å². The lowest BCUT2D eigenvalue weighted by Crippen LogP contribution is -2.43. The monoisotopic (exact) mass is 201 g/mol. The molecule has 0 aromatic rings. The Balaban J connectivity index is 2.21. The first-order valence-electron chi connectivity index (χ1n) is 5.28. The number of nitrogens with zero attached hydrogens (tertiary/aromatic N) is 1. The van der Waals surface area contributed by atoms with Crippen molar-refractivity contribution in [2.45, 2.75) is 32.3 Å². The van der Waals surface area contributed by atoms with Crippen LogP contribution in [-0.2, 0) is 9.53 Å². The van der Waals surface area contributed by atoms with Gasteiger partial charge < -0.3 is 9.84 Å². The second kappa shape index (κ2) is 5.98. The van der Waals surface area contributed by atoms with Gasteiger partial charge in [-0.25, -0.2) is 0 Å². The molecule has 0 amide bonds. The van der Waals surface area contributed by atoms with Gasteiger partial charge in [0.1, 0.15) is 0 Å². The topological polar surface area (TPSA) is 49.8 Å². The van der Waals surface area contributed by atoms with E-state index in [1.807, 2.05) is 0 Å². The van der Waals surface area contributed by atoms with Crippen molar-refractivity contribution in [1.29, 1.82) is 0 Å². The molecular weight excluding hydrogens is 182 g/mol. The summed E-state index contributed by atoms with van der Waals surface area (Å²) in [7, 11) is 0. The van der Waals surface area contributed by atoms with E-state index in [2.05, 4.69) is 11.8 Å². The molecule has 0 aromatic heterocycles. The summed E-state index contributed by atoms with van der Waals surface area (Å²) in [5.41, 5.74) is 0. The van der Waals surface area contributed by atoms with E-state index in [0.717, 1.165) is 32.5 Å². The summed E-state index contributed by atoms with van der Waals surface area (Å²) in [6, 6.07) is 0. The number of hydrogen-bond donors (Lipinski definition) is 1. The summed E-state index contributed by atoms with van der Waals surface area (Å²) in [6.45, 7) is 5.29. The van der Waals surface area contributed by atoms with Gasteiger partial charge in [0.2, 0.25) is 0 Å². The predicted molar refractivity (Wildman–Crippen MR) is 53.3 cm³/mol. The maximum absolute atomic E-state index is 10.4. The number of carboxylic acid groups (broad SMARTS) is 1. The molecule has 0 spiro atoms. The summed E-state index contributed by atoms with van der Waals surface area (Å²) >= 11 is 0. The average Bonchev–Trinajstić information content (AvgIpc) is 2.16. The fourth-order valence-corrected chi connectivity index (χ4v) is 1.73. The Morgan fingerprint density at radius 1 is 1.64 bits per heavy atom. The molecule has 1 atom stereocenters. The molecule has 0 radical (unpaired) electrons. The van der Waals surface area contributed by atoms with E-state index in [0.29, 0.717) is 12.6 Å². The van der Waals surface area contributed by atoms with Crippen LogP contribution in [0.5, 0.6) is 0 Å². The van der Waals surface area contributed by atoms with Crippen LogP contribution in [0.15, 0.2) is 0 Å². The third-order valence-electron chi connectivity index (χ3n) is 2.48. The molecule has 0 saturated carbocycles. The number of hydrogen-bond acceptors (Lipinski definition) is 3. The minimum atomic E-state index is -0.719. The van der Waals surface area contributed by atoms with Crippen molar-refractivity contribution in [3.05, 3.63) is 0 Å². The predicted octanol–water partition coefficient (Wildman–Crippen LogP) is 0.962. The highest BCUT2D eigenvalue weighted by Crippen LogP contribution is 2.10. The van der Waals surface area contributed by atoms with Crippen LogP contribution in [-0.4, -0.2) is 48.3 Å². The van der Waals surface area contributed by atoms with Crippen LogP contribution in [0.3, 0.4) is 0 Å². The van der Waals surface area contributed by atoms with Crippen molar-refractivity contribution < 1.29 is 14.6 Å². The van der Waals surface area contributed by atoms with Gasteiger partial charge in [-0.1, -0.05) is 13.3 Å². The third-order valence-corrected chi connectivity index (χ3v) is 2.48. The Morgan fingerprint density at radius 3 is 3.07 bits per heavy atom. The summed E-state index contributed by atoms with van der Waals surface area (Å²) in [4.78, 5) is 12.6. The van der Waals surface area contributed by atoms with Gasteiger partial charge in [0, 0.05) is 19.6 Å². The first-order chi connectivity index (χ1) is 6.72. The maximum Gasteiger partial charge on any atom is 0.304 e. The van der Waals surface area contributed by atoms with Gasteiger partial charge in [0.15, 0.2) is 0 Å². The van der Waals surface area contributed by atoms with Crippen LogP contribution < -0.4 is 0 Å². The van der Waals surface area contributed by atoms with Gasteiger partial charge in [-0.15, -0.1) is 0 Å². The maximum atomic E-state index is 10.4. The summed E-state index contributed by atoms with van der Waals surface area (Å²) in [6.07, 6.45) is 2.74. The Hall–Kier alpha value is -0.610. The van der Waals surface area contributed by atoms with E-state index in [1.54, 1.807) is 0 Å². The van der Waals surface area contributed by atoms with Gasteiger partial charge in [0.25, 0.3) is 0 Å². The van der Waals surface area contributed by atoms with Gasteiger partial charge in [-0.05, 0) is 6.42 Å². The first kappa shape index (κ1) is 11.5. The second-order valence-corrected chi connectivity index (χ2v) is 3.73. The molecule has 1 rings (SSSR count). The molecule has 1 saturated heterocycles. The summed E-state index contributed by atoms with van der Waals surface area (Å²) in [5.74, 6) is -0.719. The highest BCUT2D eigenvalue weighted by molar-refractivity contribution is 5.66. The number of carbonyl (C=O) groups is 1. The lowest BCUT2D eigenvalue weighted by molar-refractivity contribution is -0.137. The van der Waals surface area contributed by atoms with Crippen molar-refractivity contribution in [1.82, 2.24) is 4.90 Å². The molecule has 1 unspecified atom stereocenters. The minimum absolute atomic E-state index is 0.235. The van der Waals surface area contributed by atoms with Crippen molar-refractivity contribution in [2.75, 3.05) is 26.2 Å². The van der Waals surface area contributed by atoms with Gasteiger partial charge in [-0.3, -0.25) is 9.69 Å². The second-order valence-electron chi connectivity index (χ2n) is 3.73. The van der Waals surface area contributed by atoms with Crippen LogP contribution in [0.4, 0.5) is 0 Å². The number of aliphatic carboxylic acids is 1. The number of morpholine rings is 1. The molecule has 14 heavy (non-hydrogen) atoms. The number of rotatable bonds is 5. The van der Waals surface area contributed by atoms with Crippen molar-refractivity contribution in [2.24, 2.45) is 0 Å². The van der Waals surface area contributed by atoms with E-state index in [1.165, 1.54) is 0 Å². The summed E-state index contributed by atoms with van der Waals surface area (Å²) < 4.78 is 5.57. The largest absolute Gasteiger partial charge is 0.481 e. The molecule has 1 fully saturated rings. The summed E-state index contributed by atoms with van der Waals surface area (Å²) in [5, 5.41) is 8.56. The van der Waals surface area contributed by atoms with Gasteiger partial charge in [0.05, 0.1) is 19.1 Å². The van der Waals surface area contributed by atoms with E-state index < -0.39 is 5.97 Å². The Morgan fingerprint density at radius 2 is 2.43 bits per heavy atom. The Labute approximate surface area is 84.8 Å². The van der Waals surface area contributed by atoms with Crippen molar-refractivity contribution >= 4 is 5.97 Å². The quantitative estimate of drug-likeness (QED) is 0.720. The molecule has 4 nitrogen and oxygen atoms in total. The zero-order valence-corrected chi connectivity index (χ0v) is 8.74. The standard InChI is InChI=1S/C10H19NO3/c1-2-3-9-8-11(6-7-14-9)5-4-10(12)13/h9H,2-8H2,1H3,(H,12,13). The molecule has 4 heteroatoms. The Bertz CT molecular complexity index is 182. The fraction of sp³-hybridized carbons (Fsp3) is 0.900. The minimum Gasteiger partial charge on any atom is -0.481 e. The van der Waals surface area contributed by atoms with Crippen LogP contribution in [0.1, 0.15) is 26.2 Å². The van der Waals surface area contributed by atoms with Crippen LogP contribution >= 0.6 is 0 Å². The lowest BCUT2D eigenvalue weighted by atomic mass is 10.1. The van der Waals surface area contributed by atoms with E-state index in [4.69, 9.17) is 9.84 Å². The van der Waals surface area contributed by atoms with Crippen LogP contribution in [0, 0.1) is 0 Å². The molecule has 1 N–H and O–H groups in total. The molecule has 1 heterocycles. The third kappa shape index (κ3) is 4.07. The normalized spacial score (nSPS) is 23.6. The van der Waals surface area contributed by atoms with E-state index in [-0.39, 0.29) is 6.42 Å². The zero-order valence-electron chi connectivity index (χ0n) is 8.74. The first-order valence-corrected chi connectivity index (χ1v) is 5.28. The van der Waals surface area contributed by atoms with Crippen LogP contribution in [0.2, 0.25) is 0 Å². The molecular formula is C10H19NO3. The van der Waals surface area contributed by atoms with Crippen LogP contribution in [0.25, 0.3) is 0 Å². The van der Waals surface area contributed by atoms with Crippen molar-refractivity contribution in [3.63, 3.8) is 0 Å². The molecule has 1 aliphatic heterocycles. The fourth-order valence-electron chi connectivity index (χ4n) is 1.73. The van der Waals surface area contributed by atoms with E-state index >= 15 is 0 Å². The van der Waals surface area contributed by atoms with Gasteiger partial charge in [-0.2, -0.15) is 0 Å².